The van der Waals surface area contributed by atoms with Crippen molar-refractivity contribution in [1.82, 2.24) is 9.55 Å². The molecule has 0 atom stereocenters. The fraction of sp³-hybridized carbons (Fsp3) is 0.600. The van der Waals surface area contributed by atoms with Crippen molar-refractivity contribution in [3.63, 3.8) is 0 Å². The molecule has 0 aliphatic heterocycles. The van der Waals surface area contributed by atoms with Gasteiger partial charge < -0.3 is 4.74 Å². The summed E-state index contributed by atoms with van der Waals surface area (Å²) in [5.41, 5.74) is 1.36. The molecule has 0 N–H and O–H groups in total. The Morgan fingerprint density at radius 3 is 3.00 bits per heavy atom. The summed E-state index contributed by atoms with van der Waals surface area (Å²) in [6.07, 6.45) is 6.40. The monoisotopic (exact) mass is 292 g/mol. The van der Waals surface area contributed by atoms with Crippen molar-refractivity contribution >= 4 is 21.6 Å². The Hall–Kier alpha value is -1.20. The van der Waals surface area contributed by atoms with Gasteiger partial charge in [-0.05, 0) is 45.1 Å². The van der Waals surface area contributed by atoms with E-state index in [2.05, 4.69) is 4.98 Å². The second kappa shape index (κ2) is 5.66. The Bertz CT molecular complexity index is 672. The summed E-state index contributed by atoms with van der Waals surface area (Å²) in [6.45, 7) is 5.13. The van der Waals surface area contributed by atoms with Crippen LogP contribution in [0.25, 0.3) is 10.2 Å². The minimum absolute atomic E-state index is 0.0988. The van der Waals surface area contributed by atoms with Crippen molar-refractivity contribution in [3.05, 3.63) is 27.1 Å². The van der Waals surface area contributed by atoms with Crippen LogP contribution in [0.1, 0.15) is 37.1 Å². The summed E-state index contributed by atoms with van der Waals surface area (Å²) in [7, 11) is 0. The van der Waals surface area contributed by atoms with Gasteiger partial charge in [0.25, 0.3) is 5.56 Å². The van der Waals surface area contributed by atoms with Crippen LogP contribution in [0.3, 0.4) is 0 Å². The van der Waals surface area contributed by atoms with E-state index in [-0.39, 0.29) is 11.7 Å². The van der Waals surface area contributed by atoms with E-state index in [1.165, 1.54) is 23.3 Å². The second-order valence-corrected chi connectivity index (χ2v) is 6.64. The number of ether oxygens (including phenoxy) is 1. The molecule has 2 aromatic heterocycles. The SMILES string of the molecule is CC(C)OCCn1cnc2sc3c(c2c1=O)CCCC3. The smallest absolute Gasteiger partial charge is 0.262 e. The molecule has 3 rings (SSSR count). The number of aryl methyl sites for hydroxylation is 2. The lowest BCUT2D eigenvalue weighted by atomic mass is 9.97. The van der Waals surface area contributed by atoms with E-state index in [4.69, 9.17) is 4.74 Å². The highest BCUT2D eigenvalue weighted by molar-refractivity contribution is 7.18. The molecule has 0 fully saturated rings. The Morgan fingerprint density at radius 2 is 2.20 bits per heavy atom. The molecule has 0 saturated heterocycles. The Labute approximate surface area is 122 Å². The Morgan fingerprint density at radius 1 is 1.40 bits per heavy atom. The molecule has 0 radical (unpaired) electrons. The summed E-state index contributed by atoms with van der Waals surface area (Å²) in [5.74, 6) is 0. The first-order chi connectivity index (χ1) is 9.66. The maximum Gasteiger partial charge on any atom is 0.262 e. The van der Waals surface area contributed by atoms with Gasteiger partial charge in [-0.2, -0.15) is 0 Å². The third kappa shape index (κ3) is 2.52. The van der Waals surface area contributed by atoms with Crippen LogP contribution in [-0.2, 0) is 24.1 Å². The van der Waals surface area contributed by atoms with Crippen molar-refractivity contribution < 1.29 is 4.74 Å². The number of thiophene rings is 1. The van der Waals surface area contributed by atoms with Gasteiger partial charge in [-0.3, -0.25) is 9.36 Å². The molecule has 2 heterocycles. The number of hydrogen-bond donors (Lipinski definition) is 0. The van der Waals surface area contributed by atoms with Gasteiger partial charge in [0.1, 0.15) is 4.83 Å². The first-order valence-corrected chi connectivity index (χ1v) is 8.09. The number of hydrogen-bond acceptors (Lipinski definition) is 4. The molecule has 0 bridgehead atoms. The number of fused-ring (bicyclic) bond motifs is 3. The molecule has 2 aromatic rings. The van der Waals surface area contributed by atoms with Crippen LogP contribution in [-0.4, -0.2) is 22.3 Å². The lowest BCUT2D eigenvalue weighted by Gasteiger charge is -2.11. The first kappa shape index (κ1) is 13.8. The average Bonchev–Trinajstić information content (AvgIpc) is 2.80. The third-order valence-electron chi connectivity index (χ3n) is 3.73. The highest BCUT2D eigenvalue weighted by Crippen LogP contribution is 2.33. The van der Waals surface area contributed by atoms with Crippen LogP contribution in [0.15, 0.2) is 11.1 Å². The lowest BCUT2D eigenvalue weighted by Crippen LogP contribution is -2.24. The zero-order valence-electron chi connectivity index (χ0n) is 12.0. The van der Waals surface area contributed by atoms with Crippen LogP contribution in [0.2, 0.25) is 0 Å². The molecule has 0 aromatic carbocycles. The van der Waals surface area contributed by atoms with Crippen molar-refractivity contribution in [2.75, 3.05) is 6.61 Å². The lowest BCUT2D eigenvalue weighted by molar-refractivity contribution is 0.0722. The molecule has 0 spiro atoms. The van der Waals surface area contributed by atoms with Gasteiger partial charge in [-0.15, -0.1) is 11.3 Å². The number of rotatable bonds is 4. The molecule has 0 unspecified atom stereocenters. The van der Waals surface area contributed by atoms with Crippen molar-refractivity contribution in [2.45, 2.75) is 52.2 Å². The maximum atomic E-state index is 12.6. The van der Waals surface area contributed by atoms with E-state index in [1.807, 2.05) is 13.8 Å². The largest absolute Gasteiger partial charge is 0.377 e. The molecule has 0 amide bonds. The Balaban J connectivity index is 1.95. The minimum Gasteiger partial charge on any atom is -0.377 e. The summed E-state index contributed by atoms with van der Waals surface area (Å²) in [4.78, 5) is 19.4. The van der Waals surface area contributed by atoms with Crippen LogP contribution < -0.4 is 5.56 Å². The number of nitrogens with zero attached hydrogens (tertiary/aromatic N) is 2. The summed E-state index contributed by atoms with van der Waals surface area (Å²) >= 11 is 1.70. The van der Waals surface area contributed by atoms with Gasteiger partial charge in [0.2, 0.25) is 0 Å². The summed E-state index contributed by atoms with van der Waals surface area (Å²) in [6, 6.07) is 0. The first-order valence-electron chi connectivity index (χ1n) is 7.28. The molecular formula is C15H20N2O2S. The van der Waals surface area contributed by atoms with E-state index >= 15 is 0 Å². The molecule has 108 valence electrons. The topological polar surface area (TPSA) is 44.1 Å². The third-order valence-corrected chi connectivity index (χ3v) is 4.93. The fourth-order valence-electron chi connectivity index (χ4n) is 2.73. The maximum absolute atomic E-state index is 12.6. The van der Waals surface area contributed by atoms with E-state index in [9.17, 15) is 4.79 Å². The van der Waals surface area contributed by atoms with E-state index in [0.717, 1.165) is 23.1 Å². The Kier molecular flexibility index (Phi) is 3.89. The average molecular weight is 292 g/mol. The van der Waals surface area contributed by atoms with Gasteiger partial charge in [-0.1, -0.05) is 0 Å². The highest BCUT2D eigenvalue weighted by Gasteiger charge is 2.19. The van der Waals surface area contributed by atoms with Gasteiger partial charge in [0.15, 0.2) is 0 Å². The molecule has 1 aliphatic carbocycles. The van der Waals surface area contributed by atoms with Crippen molar-refractivity contribution in [2.24, 2.45) is 0 Å². The summed E-state index contributed by atoms with van der Waals surface area (Å²) < 4.78 is 7.21. The van der Waals surface area contributed by atoms with E-state index in [0.29, 0.717) is 13.2 Å². The van der Waals surface area contributed by atoms with Crippen molar-refractivity contribution in [3.8, 4) is 0 Å². The molecule has 4 nitrogen and oxygen atoms in total. The van der Waals surface area contributed by atoms with E-state index in [1.54, 1.807) is 22.2 Å². The van der Waals surface area contributed by atoms with Gasteiger partial charge >= 0.3 is 0 Å². The molecule has 1 aliphatic rings. The van der Waals surface area contributed by atoms with Gasteiger partial charge in [0, 0.05) is 4.88 Å². The molecular weight excluding hydrogens is 272 g/mol. The molecule has 5 heteroatoms. The zero-order chi connectivity index (χ0) is 14.1. The standard InChI is InChI=1S/C15H20N2O2S/c1-10(2)19-8-7-17-9-16-14-13(15(17)18)11-5-3-4-6-12(11)20-14/h9-10H,3-8H2,1-2H3. The minimum atomic E-state index is 0.0988. The quantitative estimate of drug-likeness (QED) is 0.870. The number of aromatic nitrogens is 2. The normalized spacial score (nSPS) is 14.9. The predicted molar refractivity (Wildman–Crippen MR) is 81.6 cm³/mol. The van der Waals surface area contributed by atoms with Crippen LogP contribution >= 0.6 is 11.3 Å². The van der Waals surface area contributed by atoms with Crippen LogP contribution in [0, 0.1) is 0 Å². The highest BCUT2D eigenvalue weighted by atomic mass is 32.1. The van der Waals surface area contributed by atoms with Gasteiger partial charge in [0.05, 0.1) is 31.0 Å². The second-order valence-electron chi connectivity index (χ2n) is 5.55. The summed E-state index contributed by atoms with van der Waals surface area (Å²) in [5, 5.41) is 0.858. The fourth-order valence-corrected chi connectivity index (χ4v) is 3.95. The van der Waals surface area contributed by atoms with Crippen LogP contribution in [0.4, 0.5) is 0 Å². The van der Waals surface area contributed by atoms with Crippen LogP contribution in [0.5, 0.6) is 0 Å². The molecule has 20 heavy (non-hydrogen) atoms. The van der Waals surface area contributed by atoms with Crippen molar-refractivity contribution in [1.29, 1.82) is 0 Å². The zero-order valence-corrected chi connectivity index (χ0v) is 12.8. The van der Waals surface area contributed by atoms with E-state index < -0.39 is 0 Å². The van der Waals surface area contributed by atoms with Gasteiger partial charge in [-0.25, -0.2) is 4.98 Å². The predicted octanol–water partition coefficient (Wildman–Crippen LogP) is 2.76. The molecule has 0 saturated carbocycles.